The molecule has 0 amide bonds. The van der Waals surface area contributed by atoms with Gasteiger partial charge in [0, 0.05) is 29.2 Å². The fourth-order valence-corrected chi connectivity index (χ4v) is 3.78. The minimum atomic E-state index is 0.355. The van der Waals surface area contributed by atoms with Gasteiger partial charge in [0.05, 0.1) is 12.8 Å². The molecule has 1 aromatic rings. The van der Waals surface area contributed by atoms with Crippen LogP contribution in [0, 0.1) is 6.92 Å². The molecule has 0 aromatic heterocycles. The highest BCUT2D eigenvalue weighted by Gasteiger charge is 2.40. The topological polar surface area (TPSA) is 38.5 Å². The fourth-order valence-electron chi connectivity index (χ4n) is 3.63. The largest absolute Gasteiger partial charge is 0.495 e. The maximum atomic E-state index is 6.20. The standard InChI is InChI=1S/C15H21ClN2O/c1-9-5-14(15(19-2)8-13(9)16)18-11-3-4-12(18)7-10(17)6-11/h5,8,10-12H,3-4,6-7,17H2,1-2H3. The number of nitrogens with two attached hydrogens (primary N) is 1. The van der Waals surface area contributed by atoms with Crippen molar-refractivity contribution in [1.82, 2.24) is 0 Å². The summed E-state index contributed by atoms with van der Waals surface area (Å²) in [5, 5.41) is 0.765. The van der Waals surface area contributed by atoms with E-state index in [1.807, 2.05) is 13.0 Å². The molecule has 2 aliphatic heterocycles. The molecule has 0 spiro atoms. The molecule has 2 atom stereocenters. The van der Waals surface area contributed by atoms with Gasteiger partial charge in [-0.3, -0.25) is 0 Å². The van der Waals surface area contributed by atoms with E-state index in [4.69, 9.17) is 22.1 Å². The van der Waals surface area contributed by atoms with Crippen molar-refractivity contribution >= 4 is 17.3 Å². The lowest BCUT2D eigenvalue weighted by Gasteiger charge is -2.40. The molecule has 3 rings (SSSR count). The zero-order valence-corrected chi connectivity index (χ0v) is 12.3. The van der Waals surface area contributed by atoms with E-state index >= 15 is 0 Å². The summed E-state index contributed by atoms with van der Waals surface area (Å²) in [6.45, 7) is 2.04. The van der Waals surface area contributed by atoms with Crippen LogP contribution in [0.25, 0.3) is 0 Å². The lowest BCUT2D eigenvalue weighted by molar-refractivity contribution is 0.391. The van der Waals surface area contributed by atoms with E-state index in [1.165, 1.54) is 18.5 Å². The molecule has 19 heavy (non-hydrogen) atoms. The maximum absolute atomic E-state index is 6.20. The molecule has 2 unspecified atom stereocenters. The Morgan fingerprint density at radius 1 is 1.26 bits per heavy atom. The Kier molecular flexibility index (Phi) is 3.35. The van der Waals surface area contributed by atoms with E-state index in [2.05, 4.69) is 11.0 Å². The van der Waals surface area contributed by atoms with E-state index in [0.29, 0.717) is 18.1 Å². The van der Waals surface area contributed by atoms with Crippen molar-refractivity contribution in [3.63, 3.8) is 0 Å². The van der Waals surface area contributed by atoms with E-state index in [9.17, 15) is 0 Å². The first-order valence-corrected chi connectivity index (χ1v) is 7.36. The van der Waals surface area contributed by atoms with Gasteiger partial charge in [-0.1, -0.05) is 11.6 Å². The van der Waals surface area contributed by atoms with Crippen LogP contribution < -0.4 is 15.4 Å². The number of fused-ring (bicyclic) bond motifs is 2. The summed E-state index contributed by atoms with van der Waals surface area (Å²) in [6.07, 6.45) is 4.65. The van der Waals surface area contributed by atoms with Crippen LogP contribution in [0.3, 0.4) is 0 Å². The lowest BCUT2D eigenvalue weighted by atomic mass is 9.97. The summed E-state index contributed by atoms with van der Waals surface area (Å²) in [4.78, 5) is 2.52. The Balaban J connectivity index is 2.00. The van der Waals surface area contributed by atoms with Crippen LogP contribution in [0.2, 0.25) is 5.02 Å². The molecule has 0 saturated carbocycles. The molecular formula is C15H21ClN2O. The van der Waals surface area contributed by atoms with Crippen molar-refractivity contribution in [3.8, 4) is 5.75 Å². The zero-order valence-electron chi connectivity index (χ0n) is 11.5. The van der Waals surface area contributed by atoms with E-state index in [-0.39, 0.29) is 0 Å². The molecule has 104 valence electrons. The Morgan fingerprint density at radius 3 is 2.47 bits per heavy atom. The van der Waals surface area contributed by atoms with Gasteiger partial charge in [-0.25, -0.2) is 0 Å². The molecule has 0 radical (unpaired) electrons. The van der Waals surface area contributed by atoms with Crippen molar-refractivity contribution in [1.29, 1.82) is 0 Å². The third kappa shape index (κ3) is 2.19. The van der Waals surface area contributed by atoms with Crippen LogP contribution in [0.15, 0.2) is 12.1 Å². The highest BCUT2D eigenvalue weighted by molar-refractivity contribution is 6.31. The number of rotatable bonds is 2. The molecule has 2 saturated heterocycles. The van der Waals surface area contributed by atoms with Gasteiger partial charge >= 0.3 is 0 Å². The van der Waals surface area contributed by atoms with Crippen LogP contribution in [0.5, 0.6) is 5.75 Å². The van der Waals surface area contributed by atoms with Gasteiger partial charge in [-0.05, 0) is 44.2 Å². The third-order valence-corrected chi connectivity index (χ3v) is 4.92. The normalized spacial score (nSPS) is 29.7. The number of nitrogens with zero attached hydrogens (tertiary/aromatic N) is 1. The van der Waals surface area contributed by atoms with Crippen LogP contribution in [-0.4, -0.2) is 25.2 Å². The number of halogens is 1. The summed E-state index contributed by atoms with van der Waals surface area (Å²) in [5.41, 5.74) is 8.43. The summed E-state index contributed by atoms with van der Waals surface area (Å²) in [7, 11) is 1.71. The van der Waals surface area contributed by atoms with Crippen LogP contribution in [-0.2, 0) is 0 Å². The number of hydrogen-bond donors (Lipinski definition) is 1. The highest BCUT2D eigenvalue weighted by Crippen LogP contribution is 2.44. The minimum Gasteiger partial charge on any atom is -0.495 e. The number of aryl methyl sites for hydroxylation is 1. The van der Waals surface area contributed by atoms with Gasteiger partial charge in [0.2, 0.25) is 0 Å². The van der Waals surface area contributed by atoms with Gasteiger partial charge in [-0.15, -0.1) is 0 Å². The second-order valence-corrected chi connectivity index (χ2v) is 6.20. The Labute approximate surface area is 119 Å². The zero-order chi connectivity index (χ0) is 13.6. The SMILES string of the molecule is COc1cc(Cl)c(C)cc1N1C2CCC1CC(N)C2. The number of methoxy groups -OCH3 is 1. The number of benzene rings is 1. The Morgan fingerprint density at radius 2 is 1.89 bits per heavy atom. The first-order chi connectivity index (χ1) is 9.10. The van der Waals surface area contributed by atoms with Crippen LogP contribution >= 0.6 is 11.6 Å². The van der Waals surface area contributed by atoms with Crippen molar-refractivity contribution in [2.45, 2.75) is 50.7 Å². The summed E-state index contributed by atoms with van der Waals surface area (Å²) < 4.78 is 5.53. The Bertz CT molecular complexity index is 477. The highest BCUT2D eigenvalue weighted by atomic mass is 35.5. The van der Waals surface area contributed by atoms with Gasteiger partial charge in [0.25, 0.3) is 0 Å². The van der Waals surface area contributed by atoms with Crippen molar-refractivity contribution < 1.29 is 4.74 Å². The number of piperidine rings is 1. The molecule has 3 nitrogen and oxygen atoms in total. The van der Waals surface area contributed by atoms with Crippen LogP contribution in [0.4, 0.5) is 5.69 Å². The molecule has 2 heterocycles. The predicted molar refractivity (Wildman–Crippen MR) is 79.2 cm³/mol. The lowest BCUT2D eigenvalue weighted by Crippen LogP contribution is -2.47. The average molecular weight is 281 g/mol. The smallest absolute Gasteiger partial charge is 0.143 e. The van der Waals surface area contributed by atoms with Crippen molar-refractivity contribution in [2.75, 3.05) is 12.0 Å². The molecule has 0 aliphatic carbocycles. The third-order valence-electron chi connectivity index (χ3n) is 4.51. The number of anilines is 1. The van der Waals surface area contributed by atoms with Gasteiger partial charge in [0.15, 0.2) is 0 Å². The molecule has 2 N–H and O–H groups in total. The van der Waals surface area contributed by atoms with Crippen LogP contribution in [0.1, 0.15) is 31.2 Å². The second-order valence-electron chi connectivity index (χ2n) is 5.80. The maximum Gasteiger partial charge on any atom is 0.143 e. The molecule has 2 bridgehead atoms. The molecule has 2 aliphatic rings. The van der Waals surface area contributed by atoms with Gasteiger partial charge in [0.1, 0.15) is 5.75 Å². The van der Waals surface area contributed by atoms with E-state index in [1.54, 1.807) is 7.11 Å². The predicted octanol–water partition coefficient (Wildman–Crippen LogP) is 3.12. The molecular weight excluding hydrogens is 260 g/mol. The van der Waals surface area contributed by atoms with Crippen molar-refractivity contribution in [2.24, 2.45) is 5.73 Å². The monoisotopic (exact) mass is 280 g/mol. The second kappa shape index (κ2) is 4.88. The average Bonchev–Trinajstić information content (AvgIpc) is 2.64. The number of hydrogen-bond acceptors (Lipinski definition) is 3. The first kappa shape index (κ1) is 13.1. The molecule has 4 heteroatoms. The van der Waals surface area contributed by atoms with Crippen molar-refractivity contribution in [3.05, 3.63) is 22.7 Å². The minimum absolute atomic E-state index is 0.355. The molecule has 1 aromatic carbocycles. The van der Waals surface area contributed by atoms with Gasteiger partial charge in [-0.2, -0.15) is 0 Å². The summed E-state index contributed by atoms with van der Waals surface area (Å²) in [5.74, 6) is 0.878. The fraction of sp³-hybridized carbons (Fsp3) is 0.600. The number of ether oxygens (including phenoxy) is 1. The Hall–Kier alpha value is -0.930. The summed E-state index contributed by atoms with van der Waals surface area (Å²) in [6, 6.07) is 5.56. The van der Waals surface area contributed by atoms with E-state index in [0.717, 1.165) is 29.2 Å². The van der Waals surface area contributed by atoms with E-state index < -0.39 is 0 Å². The molecule has 2 fully saturated rings. The first-order valence-electron chi connectivity index (χ1n) is 6.98. The van der Waals surface area contributed by atoms with Gasteiger partial charge < -0.3 is 15.4 Å². The summed E-state index contributed by atoms with van der Waals surface area (Å²) >= 11 is 6.20. The quantitative estimate of drug-likeness (QED) is 0.905.